The molecule has 1 aliphatic heterocycles. The molecule has 30 heavy (non-hydrogen) atoms. The molecule has 0 bridgehead atoms. The van der Waals surface area contributed by atoms with Crippen LogP contribution in [0.5, 0.6) is 0 Å². The van der Waals surface area contributed by atoms with Crippen molar-refractivity contribution in [3.8, 4) is 0 Å². The van der Waals surface area contributed by atoms with Gasteiger partial charge in [-0.15, -0.1) is 0 Å². The van der Waals surface area contributed by atoms with Crippen molar-refractivity contribution in [2.45, 2.75) is 82.6 Å². The normalized spacial score (nSPS) is 19.5. The van der Waals surface area contributed by atoms with Crippen molar-refractivity contribution in [2.24, 2.45) is 0 Å². The number of nitrogens with zero attached hydrogens (tertiary/aromatic N) is 1. The molecule has 1 fully saturated rings. The number of carbonyl (C=O) groups excluding carboxylic acids is 1. The molecule has 2 atom stereocenters. The van der Waals surface area contributed by atoms with Gasteiger partial charge in [-0.3, -0.25) is 0 Å². The van der Waals surface area contributed by atoms with E-state index < -0.39 is 11.9 Å². The molecule has 168 valence electrons. The van der Waals surface area contributed by atoms with Crippen LogP contribution in [0.4, 0.5) is 5.69 Å². The lowest BCUT2D eigenvalue weighted by molar-refractivity contribution is -0.208. The van der Waals surface area contributed by atoms with Crippen molar-refractivity contribution in [3.63, 3.8) is 0 Å². The predicted molar refractivity (Wildman–Crippen MR) is 122 cm³/mol. The molecule has 1 unspecified atom stereocenters. The third kappa shape index (κ3) is 6.40. The second kappa shape index (κ2) is 12.9. The molecule has 2 rings (SSSR count). The number of benzene rings is 1. The Bertz CT molecular complexity index is 639. The molecule has 1 N–H and O–H groups in total. The average Bonchev–Trinajstić information content (AvgIpc) is 3.15. The highest BCUT2D eigenvalue weighted by atomic mass is 16.7. The molecule has 1 aromatic rings. The predicted octanol–water partition coefficient (Wildman–Crippen LogP) is 5.18. The van der Waals surface area contributed by atoms with Crippen molar-refractivity contribution in [3.05, 3.63) is 42.0 Å². The Morgan fingerprint density at radius 2 is 1.87 bits per heavy atom. The fourth-order valence-corrected chi connectivity index (χ4v) is 4.32. The highest BCUT2D eigenvalue weighted by Crippen LogP contribution is 2.38. The van der Waals surface area contributed by atoms with Gasteiger partial charge in [0.1, 0.15) is 6.29 Å². The highest BCUT2D eigenvalue weighted by Gasteiger charge is 2.47. The van der Waals surface area contributed by atoms with E-state index in [1.165, 1.54) is 0 Å². The largest absolute Gasteiger partial charge is 0.388 e. The fraction of sp³-hybridized carbons (Fsp3) is 0.640. The maximum absolute atomic E-state index is 10.5. The minimum Gasteiger partial charge on any atom is -0.388 e. The number of unbranched alkanes of at least 4 members (excludes halogenated alkanes) is 4. The summed E-state index contributed by atoms with van der Waals surface area (Å²) in [6, 6.07) is 8.34. The van der Waals surface area contributed by atoms with Crippen molar-refractivity contribution in [1.29, 1.82) is 0 Å². The van der Waals surface area contributed by atoms with Crippen molar-refractivity contribution >= 4 is 12.0 Å². The number of aliphatic hydroxyl groups is 1. The van der Waals surface area contributed by atoms with Crippen molar-refractivity contribution < 1.29 is 19.4 Å². The van der Waals surface area contributed by atoms with E-state index in [4.69, 9.17) is 9.47 Å². The summed E-state index contributed by atoms with van der Waals surface area (Å²) in [6.07, 6.45) is 13.1. The van der Waals surface area contributed by atoms with Gasteiger partial charge in [0.25, 0.3) is 0 Å². The van der Waals surface area contributed by atoms with Gasteiger partial charge in [0.2, 0.25) is 0 Å². The Morgan fingerprint density at radius 1 is 1.13 bits per heavy atom. The number of anilines is 1. The standard InChI is InChI=1S/C25H39NO4/c1-4-5-9-12-23(28)21-14-16-22(17-15-21)26-19-18-25(29-2,30-3)24(26)13-10-7-6-8-11-20-27/h7,10,14-17,20,23-24,28H,4-6,8-9,11-13,18-19H2,1-3H3/b10-7-/t23?,24-/m0/s1. The van der Waals surface area contributed by atoms with Crippen LogP contribution in [-0.2, 0) is 14.3 Å². The van der Waals surface area contributed by atoms with Crippen LogP contribution in [-0.4, -0.2) is 44.0 Å². The molecule has 0 spiro atoms. The van der Waals surface area contributed by atoms with Crippen LogP contribution in [0.2, 0.25) is 0 Å². The number of aldehydes is 1. The summed E-state index contributed by atoms with van der Waals surface area (Å²) in [7, 11) is 3.42. The minimum atomic E-state index is -0.633. The van der Waals surface area contributed by atoms with E-state index in [0.717, 1.165) is 75.4 Å². The van der Waals surface area contributed by atoms with Gasteiger partial charge in [0.05, 0.1) is 12.1 Å². The first-order valence-corrected chi connectivity index (χ1v) is 11.4. The molecule has 0 saturated carbocycles. The Balaban J connectivity index is 2.08. The molecule has 1 aromatic carbocycles. The lowest BCUT2D eigenvalue weighted by atomic mass is 10.0. The summed E-state index contributed by atoms with van der Waals surface area (Å²) in [6.45, 7) is 3.03. The quantitative estimate of drug-likeness (QED) is 0.195. The zero-order valence-electron chi connectivity index (χ0n) is 18.9. The molecule has 0 amide bonds. The number of hydrogen-bond acceptors (Lipinski definition) is 5. The minimum absolute atomic E-state index is 0.0650. The first-order chi connectivity index (χ1) is 14.6. The van der Waals surface area contributed by atoms with E-state index in [1.807, 2.05) is 12.1 Å². The maximum Gasteiger partial charge on any atom is 0.190 e. The number of aliphatic hydroxyl groups excluding tert-OH is 1. The van der Waals surface area contributed by atoms with Crippen LogP contribution in [0.3, 0.4) is 0 Å². The van der Waals surface area contributed by atoms with Gasteiger partial charge in [0, 0.05) is 39.3 Å². The second-order valence-electron chi connectivity index (χ2n) is 8.09. The van der Waals surface area contributed by atoms with E-state index in [0.29, 0.717) is 6.42 Å². The lowest BCUT2D eigenvalue weighted by Crippen LogP contribution is -2.47. The molecule has 0 aromatic heterocycles. The maximum atomic E-state index is 10.5. The molecular weight excluding hydrogens is 378 g/mol. The Labute approximate surface area is 182 Å². The first-order valence-electron chi connectivity index (χ1n) is 11.4. The van der Waals surface area contributed by atoms with Crippen LogP contribution in [0, 0.1) is 0 Å². The number of rotatable bonds is 14. The van der Waals surface area contributed by atoms with E-state index in [9.17, 15) is 9.90 Å². The summed E-state index contributed by atoms with van der Waals surface area (Å²) in [5, 5.41) is 10.4. The van der Waals surface area contributed by atoms with Crippen LogP contribution in [0.25, 0.3) is 0 Å². The van der Waals surface area contributed by atoms with E-state index in [1.54, 1.807) is 14.2 Å². The van der Waals surface area contributed by atoms with Gasteiger partial charge in [-0.1, -0.05) is 50.5 Å². The zero-order valence-corrected chi connectivity index (χ0v) is 18.9. The molecule has 5 heteroatoms. The number of methoxy groups -OCH3 is 2. The number of ether oxygens (including phenoxy) is 2. The molecule has 5 nitrogen and oxygen atoms in total. The monoisotopic (exact) mass is 417 g/mol. The first kappa shape index (κ1) is 24.6. The Hall–Kier alpha value is -1.69. The summed E-state index contributed by atoms with van der Waals surface area (Å²) >= 11 is 0. The fourth-order valence-electron chi connectivity index (χ4n) is 4.32. The summed E-state index contributed by atoms with van der Waals surface area (Å²) in [4.78, 5) is 12.8. The zero-order chi connectivity index (χ0) is 21.8. The van der Waals surface area contributed by atoms with Gasteiger partial charge >= 0.3 is 0 Å². The van der Waals surface area contributed by atoms with Crippen LogP contribution < -0.4 is 4.90 Å². The van der Waals surface area contributed by atoms with Crippen molar-refractivity contribution in [1.82, 2.24) is 0 Å². The van der Waals surface area contributed by atoms with Crippen LogP contribution in [0.1, 0.15) is 76.4 Å². The topological polar surface area (TPSA) is 59.0 Å². The van der Waals surface area contributed by atoms with E-state index >= 15 is 0 Å². The Kier molecular flexibility index (Phi) is 10.6. The van der Waals surface area contributed by atoms with Gasteiger partial charge < -0.3 is 24.3 Å². The van der Waals surface area contributed by atoms with Gasteiger partial charge in [-0.2, -0.15) is 0 Å². The van der Waals surface area contributed by atoms with Gasteiger partial charge in [-0.05, 0) is 43.4 Å². The second-order valence-corrected chi connectivity index (χ2v) is 8.09. The molecule has 1 heterocycles. The molecule has 1 aliphatic rings. The number of allylic oxidation sites excluding steroid dienone is 1. The molecule has 0 aliphatic carbocycles. The Morgan fingerprint density at radius 3 is 2.50 bits per heavy atom. The SMILES string of the molecule is CCCCCC(O)c1ccc(N2CCC(OC)(OC)[C@@H]2C/C=C\CCCC=O)cc1. The molecular formula is C25H39NO4. The van der Waals surface area contributed by atoms with E-state index in [-0.39, 0.29) is 6.04 Å². The van der Waals surface area contributed by atoms with Gasteiger partial charge in [-0.25, -0.2) is 0 Å². The summed E-state index contributed by atoms with van der Waals surface area (Å²) in [5.41, 5.74) is 2.10. The molecule has 1 saturated heterocycles. The summed E-state index contributed by atoms with van der Waals surface area (Å²) < 4.78 is 11.7. The lowest BCUT2D eigenvalue weighted by Gasteiger charge is -2.36. The number of carbonyl (C=O) groups is 1. The summed E-state index contributed by atoms with van der Waals surface area (Å²) in [5.74, 6) is -0.633. The third-order valence-electron chi connectivity index (χ3n) is 6.19. The van der Waals surface area contributed by atoms with Crippen molar-refractivity contribution in [2.75, 3.05) is 25.7 Å². The smallest absolute Gasteiger partial charge is 0.190 e. The number of hydrogen-bond donors (Lipinski definition) is 1. The average molecular weight is 418 g/mol. The van der Waals surface area contributed by atoms with Crippen LogP contribution in [0.15, 0.2) is 36.4 Å². The molecule has 0 radical (unpaired) electrons. The van der Waals surface area contributed by atoms with Gasteiger partial charge in [0.15, 0.2) is 5.79 Å². The van der Waals surface area contributed by atoms with Crippen LogP contribution >= 0.6 is 0 Å². The van der Waals surface area contributed by atoms with E-state index in [2.05, 4.69) is 36.1 Å². The third-order valence-corrected chi connectivity index (χ3v) is 6.19. The highest BCUT2D eigenvalue weighted by molar-refractivity contribution is 5.51.